The second-order valence-electron chi connectivity index (χ2n) is 6.91. The standard InChI is InChI=1S/C22H22ClNO4/c1-13-19-18(28-20(13)22(25)26-2)8-7-16(15-5-3-4-6-17(15)23)21(19)27-14-9-11-24-12-10-14/h3-8,14,24H,9-12H2,1-2H3. The van der Waals surface area contributed by atoms with Crippen molar-refractivity contribution < 1.29 is 18.7 Å². The van der Waals surface area contributed by atoms with Gasteiger partial charge >= 0.3 is 5.97 Å². The number of benzene rings is 2. The van der Waals surface area contributed by atoms with Gasteiger partial charge in [-0.15, -0.1) is 0 Å². The minimum absolute atomic E-state index is 0.0870. The van der Waals surface area contributed by atoms with Gasteiger partial charge in [-0.05, 0) is 51.1 Å². The average Bonchev–Trinajstić information content (AvgIpc) is 3.06. The molecular weight excluding hydrogens is 378 g/mol. The monoisotopic (exact) mass is 399 g/mol. The molecule has 1 N–H and O–H groups in total. The van der Waals surface area contributed by atoms with Crippen LogP contribution in [-0.4, -0.2) is 32.3 Å². The van der Waals surface area contributed by atoms with Crippen LogP contribution in [0.4, 0.5) is 0 Å². The zero-order chi connectivity index (χ0) is 19.7. The number of fused-ring (bicyclic) bond motifs is 1. The summed E-state index contributed by atoms with van der Waals surface area (Å²) in [5.74, 6) is 0.402. The maximum absolute atomic E-state index is 12.1. The van der Waals surface area contributed by atoms with Crippen molar-refractivity contribution in [2.75, 3.05) is 20.2 Å². The summed E-state index contributed by atoms with van der Waals surface area (Å²) in [5, 5.41) is 4.78. The largest absolute Gasteiger partial charge is 0.489 e. The number of methoxy groups -OCH3 is 1. The molecule has 2 aromatic carbocycles. The Bertz CT molecular complexity index is 1020. The Morgan fingerprint density at radius 1 is 1.14 bits per heavy atom. The lowest BCUT2D eigenvalue weighted by atomic mass is 10.00. The molecule has 5 nitrogen and oxygen atoms in total. The van der Waals surface area contributed by atoms with Crippen LogP contribution in [0.5, 0.6) is 5.75 Å². The molecule has 4 rings (SSSR count). The van der Waals surface area contributed by atoms with Crippen LogP contribution in [-0.2, 0) is 4.74 Å². The Hall–Kier alpha value is -2.50. The second kappa shape index (κ2) is 7.86. The summed E-state index contributed by atoms with van der Waals surface area (Å²) in [6, 6.07) is 11.5. The summed E-state index contributed by atoms with van der Waals surface area (Å²) < 4.78 is 17.2. The molecule has 0 radical (unpaired) electrons. The SMILES string of the molecule is COC(=O)c1oc2ccc(-c3ccccc3Cl)c(OC3CCNCC3)c2c1C. The Morgan fingerprint density at radius 2 is 1.89 bits per heavy atom. The normalized spacial score (nSPS) is 15.0. The number of carbonyl (C=O) groups is 1. The van der Waals surface area contributed by atoms with Crippen molar-refractivity contribution in [2.24, 2.45) is 0 Å². The molecular formula is C22H22ClNO4. The van der Waals surface area contributed by atoms with Gasteiger partial charge in [0, 0.05) is 21.7 Å². The van der Waals surface area contributed by atoms with Gasteiger partial charge in [-0.3, -0.25) is 0 Å². The van der Waals surface area contributed by atoms with E-state index in [9.17, 15) is 4.79 Å². The van der Waals surface area contributed by atoms with Crippen LogP contribution in [0.2, 0.25) is 5.02 Å². The predicted molar refractivity (Wildman–Crippen MR) is 109 cm³/mol. The maximum atomic E-state index is 12.1. The van der Waals surface area contributed by atoms with Crippen LogP contribution in [0.15, 0.2) is 40.8 Å². The molecule has 2 heterocycles. The highest BCUT2D eigenvalue weighted by molar-refractivity contribution is 6.33. The van der Waals surface area contributed by atoms with Gasteiger partial charge in [-0.25, -0.2) is 4.79 Å². The molecule has 28 heavy (non-hydrogen) atoms. The molecule has 1 saturated heterocycles. The third kappa shape index (κ3) is 3.36. The molecule has 0 saturated carbocycles. The van der Waals surface area contributed by atoms with Crippen molar-refractivity contribution in [3.8, 4) is 16.9 Å². The first-order chi connectivity index (χ1) is 13.6. The zero-order valence-corrected chi connectivity index (χ0v) is 16.6. The van der Waals surface area contributed by atoms with E-state index in [1.54, 1.807) is 0 Å². The van der Waals surface area contributed by atoms with E-state index in [2.05, 4.69) is 5.32 Å². The number of ether oxygens (including phenoxy) is 2. The molecule has 0 amide bonds. The number of hydrogen-bond acceptors (Lipinski definition) is 5. The number of aryl methyl sites for hydroxylation is 1. The highest BCUT2D eigenvalue weighted by Crippen LogP contribution is 2.43. The fourth-order valence-electron chi connectivity index (χ4n) is 3.69. The predicted octanol–water partition coefficient (Wildman–Crippen LogP) is 4.98. The Labute approximate surface area is 168 Å². The van der Waals surface area contributed by atoms with E-state index >= 15 is 0 Å². The highest BCUT2D eigenvalue weighted by atomic mass is 35.5. The molecule has 0 unspecified atom stereocenters. The van der Waals surface area contributed by atoms with Gasteiger partial charge in [-0.1, -0.05) is 29.8 Å². The summed E-state index contributed by atoms with van der Waals surface area (Å²) >= 11 is 6.48. The quantitative estimate of drug-likeness (QED) is 0.627. The van der Waals surface area contributed by atoms with Crippen LogP contribution < -0.4 is 10.1 Å². The van der Waals surface area contributed by atoms with Gasteiger partial charge in [-0.2, -0.15) is 0 Å². The molecule has 1 aromatic heterocycles. The van der Waals surface area contributed by atoms with Crippen LogP contribution in [0.1, 0.15) is 29.0 Å². The minimum atomic E-state index is -0.499. The summed E-state index contributed by atoms with van der Waals surface area (Å²) in [7, 11) is 1.34. The van der Waals surface area contributed by atoms with Crippen molar-refractivity contribution in [1.82, 2.24) is 5.32 Å². The number of rotatable bonds is 4. The molecule has 0 atom stereocenters. The molecule has 146 valence electrons. The summed E-state index contributed by atoms with van der Waals surface area (Å²) in [4.78, 5) is 12.1. The third-order valence-electron chi connectivity index (χ3n) is 5.15. The Kier molecular flexibility index (Phi) is 5.29. The number of esters is 1. The topological polar surface area (TPSA) is 60.7 Å². The molecule has 6 heteroatoms. The van der Waals surface area contributed by atoms with Gasteiger partial charge in [0.25, 0.3) is 0 Å². The van der Waals surface area contributed by atoms with Crippen LogP contribution in [0, 0.1) is 6.92 Å². The van der Waals surface area contributed by atoms with Crippen LogP contribution >= 0.6 is 11.6 Å². The van der Waals surface area contributed by atoms with Gasteiger partial charge in [0.2, 0.25) is 5.76 Å². The van der Waals surface area contributed by atoms with E-state index in [1.807, 2.05) is 43.3 Å². The number of hydrogen-bond donors (Lipinski definition) is 1. The summed E-state index contributed by atoms with van der Waals surface area (Å²) in [5.41, 5.74) is 3.07. The van der Waals surface area contributed by atoms with Crippen molar-refractivity contribution in [2.45, 2.75) is 25.9 Å². The molecule has 1 fully saturated rings. The van der Waals surface area contributed by atoms with Gasteiger partial charge in [0.15, 0.2) is 0 Å². The lowest BCUT2D eigenvalue weighted by Gasteiger charge is -2.25. The Morgan fingerprint density at radius 3 is 2.61 bits per heavy atom. The number of furan rings is 1. The van der Waals surface area contributed by atoms with Crippen LogP contribution in [0.25, 0.3) is 22.1 Å². The molecule has 0 aliphatic carbocycles. The van der Waals surface area contributed by atoms with Gasteiger partial charge in [0.1, 0.15) is 17.4 Å². The first-order valence-electron chi connectivity index (χ1n) is 9.37. The lowest BCUT2D eigenvalue weighted by molar-refractivity contribution is 0.0566. The van der Waals surface area contributed by atoms with E-state index in [4.69, 9.17) is 25.5 Å². The number of carbonyl (C=O) groups excluding carboxylic acids is 1. The minimum Gasteiger partial charge on any atom is -0.489 e. The summed E-state index contributed by atoms with van der Waals surface area (Å²) in [6.45, 7) is 3.68. The van der Waals surface area contributed by atoms with Crippen LogP contribution in [0.3, 0.4) is 0 Å². The molecule has 1 aliphatic rings. The fourth-order valence-corrected chi connectivity index (χ4v) is 3.92. The van der Waals surface area contributed by atoms with E-state index in [0.29, 0.717) is 21.9 Å². The van der Waals surface area contributed by atoms with Gasteiger partial charge < -0.3 is 19.2 Å². The van der Waals surface area contributed by atoms with Crippen molar-refractivity contribution in [3.05, 3.63) is 52.7 Å². The first kappa shape index (κ1) is 18.8. The van der Waals surface area contributed by atoms with Gasteiger partial charge in [0.05, 0.1) is 12.5 Å². The molecule has 3 aromatic rings. The van der Waals surface area contributed by atoms with E-state index in [1.165, 1.54) is 7.11 Å². The van der Waals surface area contributed by atoms with Crippen molar-refractivity contribution in [3.63, 3.8) is 0 Å². The number of halogens is 1. The van der Waals surface area contributed by atoms with Crippen molar-refractivity contribution in [1.29, 1.82) is 0 Å². The highest BCUT2D eigenvalue weighted by Gasteiger charge is 2.26. The number of nitrogens with one attached hydrogen (secondary N) is 1. The second-order valence-corrected chi connectivity index (χ2v) is 7.32. The first-order valence-corrected chi connectivity index (χ1v) is 9.74. The summed E-state index contributed by atoms with van der Waals surface area (Å²) in [6.07, 6.45) is 1.92. The van der Waals surface area contributed by atoms with Crippen molar-refractivity contribution >= 4 is 28.5 Å². The smallest absolute Gasteiger partial charge is 0.374 e. The van der Waals surface area contributed by atoms with E-state index in [0.717, 1.165) is 42.4 Å². The number of piperidine rings is 1. The fraction of sp³-hybridized carbons (Fsp3) is 0.318. The Balaban J connectivity index is 1.92. The average molecular weight is 400 g/mol. The third-order valence-corrected chi connectivity index (χ3v) is 5.48. The zero-order valence-electron chi connectivity index (χ0n) is 15.9. The molecule has 1 aliphatic heterocycles. The van der Waals surface area contributed by atoms with E-state index < -0.39 is 5.97 Å². The molecule has 0 spiro atoms. The van der Waals surface area contributed by atoms with E-state index in [-0.39, 0.29) is 11.9 Å². The lowest BCUT2D eigenvalue weighted by Crippen LogP contribution is -2.34. The maximum Gasteiger partial charge on any atom is 0.374 e. The molecule has 0 bridgehead atoms.